The second kappa shape index (κ2) is 4.35. The standard InChI is InChI=1S/C12H11ClOS/c1-8-5-6-11(15-8)12(14)9-3-2-4-10(13)7-9/h2-7,12,14H,1H3/t12-/m0/s1. The Balaban J connectivity index is 2.32. The minimum Gasteiger partial charge on any atom is -0.383 e. The van der Waals surface area contributed by atoms with E-state index in [9.17, 15) is 5.11 Å². The van der Waals surface area contributed by atoms with Crippen molar-refractivity contribution in [2.24, 2.45) is 0 Å². The smallest absolute Gasteiger partial charge is 0.113 e. The lowest BCUT2D eigenvalue weighted by molar-refractivity contribution is 0.224. The van der Waals surface area contributed by atoms with Crippen molar-refractivity contribution in [3.05, 3.63) is 56.7 Å². The van der Waals surface area contributed by atoms with E-state index in [0.29, 0.717) is 5.02 Å². The Morgan fingerprint density at radius 2 is 2.07 bits per heavy atom. The number of aryl methyl sites for hydroxylation is 1. The van der Waals surface area contributed by atoms with Crippen LogP contribution >= 0.6 is 22.9 Å². The highest BCUT2D eigenvalue weighted by Crippen LogP contribution is 2.29. The molecule has 1 N–H and O–H groups in total. The molecule has 0 aliphatic rings. The molecule has 0 radical (unpaired) electrons. The van der Waals surface area contributed by atoms with Crippen LogP contribution in [0, 0.1) is 6.92 Å². The third kappa shape index (κ3) is 2.40. The van der Waals surface area contributed by atoms with Crippen molar-refractivity contribution >= 4 is 22.9 Å². The van der Waals surface area contributed by atoms with Gasteiger partial charge in [-0.3, -0.25) is 0 Å². The highest BCUT2D eigenvalue weighted by atomic mass is 35.5. The fraction of sp³-hybridized carbons (Fsp3) is 0.167. The minimum atomic E-state index is -0.567. The molecule has 0 saturated carbocycles. The molecule has 0 aliphatic carbocycles. The van der Waals surface area contributed by atoms with E-state index in [1.165, 1.54) is 4.88 Å². The number of benzene rings is 1. The average molecular weight is 239 g/mol. The maximum atomic E-state index is 10.1. The van der Waals surface area contributed by atoms with Crippen LogP contribution in [0.2, 0.25) is 5.02 Å². The summed E-state index contributed by atoms with van der Waals surface area (Å²) >= 11 is 7.48. The fourth-order valence-corrected chi connectivity index (χ4v) is 2.53. The van der Waals surface area contributed by atoms with Gasteiger partial charge in [0.15, 0.2) is 0 Å². The molecular weight excluding hydrogens is 228 g/mol. The summed E-state index contributed by atoms with van der Waals surface area (Å²) in [5.74, 6) is 0. The molecule has 1 aromatic carbocycles. The molecule has 1 nitrogen and oxygen atoms in total. The molecule has 1 atom stereocenters. The maximum Gasteiger partial charge on any atom is 0.113 e. The van der Waals surface area contributed by atoms with Crippen molar-refractivity contribution in [2.45, 2.75) is 13.0 Å². The van der Waals surface area contributed by atoms with Crippen LogP contribution in [0.3, 0.4) is 0 Å². The number of aliphatic hydroxyl groups is 1. The fourth-order valence-electron chi connectivity index (χ4n) is 1.44. The first-order chi connectivity index (χ1) is 7.16. The van der Waals surface area contributed by atoms with Gasteiger partial charge in [-0.05, 0) is 36.8 Å². The minimum absolute atomic E-state index is 0.567. The van der Waals surface area contributed by atoms with E-state index >= 15 is 0 Å². The van der Waals surface area contributed by atoms with E-state index in [1.807, 2.05) is 31.2 Å². The molecule has 0 unspecified atom stereocenters. The quantitative estimate of drug-likeness (QED) is 0.844. The molecule has 0 saturated heterocycles. The van der Waals surface area contributed by atoms with Crippen molar-refractivity contribution in [1.29, 1.82) is 0 Å². The van der Waals surface area contributed by atoms with E-state index in [0.717, 1.165) is 10.4 Å². The third-order valence-electron chi connectivity index (χ3n) is 2.20. The zero-order chi connectivity index (χ0) is 10.8. The molecular formula is C12H11ClOS. The normalized spacial score (nSPS) is 12.7. The molecule has 2 aromatic rings. The predicted molar refractivity (Wildman–Crippen MR) is 64.6 cm³/mol. The number of thiophene rings is 1. The summed E-state index contributed by atoms with van der Waals surface area (Å²) in [5.41, 5.74) is 0.837. The van der Waals surface area contributed by atoms with Gasteiger partial charge in [0.25, 0.3) is 0 Å². The van der Waals surface area contributed by atoms with Crippen molar-refractivity contribution in [3.63, 3.8) is 0 Å². The SMILES string of the molecule is Cc1ccc([C@@H](O)c2cccc(Cl)c2)s1. The van der Waals surface area contributed by atoms with Gasteiger partial charge in [0.05, 0.1) is 0 Å². The van der Waals surface area contributed by atoms with Crippen LogP contribution in [0.15, 0.2) is 36.4 Å². The van der Waals surface area contributed by atoms with Crippen LogP contribution < -0.4 is 0 Å². The van der Waals surface area contributed by atoms with Crippen molar-refractivity contribution in [3.8, 4) is 0 Å². The van der Waals surface area contributed by atoms with Gasteiger partial charge in [-0.1, -0.05) is 23.7 Å². The molecule has 0 amide bonds. The van der Waals surface area contributed by atoms with E-state index in [1.54, 1.807) is 23.5 Å². The Kier molecular flexibility index (Phi) is 3.10. The zero-order valence-electron chi connectivity index (χ0n) is 8.27. The van der Waals surface area contributed by atoms with E-state index in [-0.39, 0.29) is 0 Å². The van der Waals surface area contributed by atoms with Crippen molar-refractivity contribution < 1.29 is 5.11 Å². The van der Waals surface area contributed by atoms with Gasteiger partial charge in [0, 0.05) is 14.8 Å². The lowest BCUT2D eigenvalue weighted by Gasteiger charge is -2.08. The first kappa shape index (κ1) is 10.7. The molecule has 0 aliphatic heterocycles. The summed E-state index contributed by atoms with van der Waals surface area (Å²) in [4.78, 5) is 2.15. The summed E-state index contributed by atoms with van der Waals surface area (Å²) in [6, 6.07) is 11.3. The molecule has 78 valence electrons. The lowest BCUT2D eigenvalue weighted by atomic mass is 10.1. The van der Waals surface area contributed by atoms with E-state index in [4.69, 9.17) is 11.6 Å². The number of aliphatic hydroxyl groups excluding tert-OH is 1. The van der Waals surface area contributed by atoms with Crippen LogP contribution in [-0.2, 0) is 0 Å². The average Bonchev–Trinajstić information content (AvgIpc) is 2.64. The van der Waals surface area contributed by atoms with Crippen LogP contribution in [0.25, 0.3) is 0 Å². The number of hydrogen-bond donors (Lipinski definition) is 1. The van der Waals surface area contributed by atoms with Gasteiger partial charge >= 0.3 is 0 Å². The molecule has 0 fully saturated rings. The Bertz CT molecular complexity index is 464. The zero-order valence-corrected chi connectivity index (χ0v) is 9.85. The maximum absolute atomic E-state index is 10.1. The molecule has 0 spiro atoms. The second-order valence-corrected chi connectivity index (χ2v) is 5.16. The third-order valence-corrected chi connectivity index (χ3v) is 3.48. The van der Waals surface area contributed by atoms with Gasteiger partial charge in [0.1, 0.15) is 6.10 Å². The first-order valence-electron chi connectivity index (χ1n) is 4.66. The van der Waals surface area contributed by atoms with Gasteiger partial charge in [-0.25, -0.2) is 0 Å². The van der Waals surface area contributed by atoms with Gasteiger partial charge in [-0.2, -0.15) is 0 Å². The molecule has 1 heterocycles. The van der Waals surface area contributed by atoms with Gasteiger partial charge in [0.2, 0.25) is 0 Å². The predicted octanol–water partition coefficient (Wildman–Crippen LogP) is 3.79. The monoisotopic (exact) mass is 238 g/mol. The summed E-state index contributed by atoms with van der Waals surface area (Å²) in [7, 11) is 0. The Morgan fingerprint density at radius 3 is 2.67 bits per heavy atom. The molecule has 3 heteroatoms. The number of rotatable bonds is 2. The molecule has 15 heavy (non-hydrogen) atoms. The van der Waals surface area contributed by atoms with Gasteiger partial charge in [-0.15, -0.1) is 11.3 Å². The molecule has 1 aromatic heterocycles. The number of halogens is 1. The molecule has 0 bridgehead atoms. The van der Waals surface area contributed by atoms with Crippen LogP contribution in [0.4, 0.5) is 0 Å². The first-order valence-corrected chi connectivity index (χ1v) is 5.86. The second-order valence-electron chi connectivity index (χ2n) is 3.41. The van der Waals surface area contributed by atoms with Crippen LogP contribution in [0.5, 0.6) is 0 Å². The Hall–Kier alpha value is -0.830. The topological polar surface area (TPSA) is 20.2 Å². The van der Waals surface area contributed by atoms with Gasteiger partial charge < -0.3 is 5.11 Å². The highest BCUT2D eigenvalue weighted by Gasteiger charge is 2.12. The summed E-state index contributed by atoms with van der Waals surface area (Å²) in [6.45, 7) is 2.03. The summed E-state index contributed by atoms with van der Waals surface area (Å²) in [5, 5.41) is 10.7. The van der Waals surface area contributed by atoms with Crippen LogP contribution in [-0.4, -0.2) is 5.11 Å². The Labute approximate surface area is 98.0 Å². The highest BCUT2D eigenvalue weighted by molar-refractivity contribution is 7.12. The lowest BCUT2D eigenvalue weighted by Crippen LogP contribution is -1.96. The molecule has 2 rings (SSSR count). The van der Waals surface area contributed by atoms with Crippen molar-refractivity contribution in [2.75, 3.05) is 0 Å². The van der Waals surface area contributed by atoms with E-state index in [2.05, 4.69) is 0 Å². The van der Waals surface area contributed by atoms with E-state index < -0.39 is 6.10 Å². The number of hydrogen-bond acceptors (Lipinski definition) is 2. The Morgan fingerprint density at radius 1 is 1.27 bits per heavy atom. The summed E-state index contributed by atoms with van der Waals surface area (Å²) in [6.07, 6.45) is -0.567. The summed E-state index contributed by atoms with van der Waals surface area (Å²) < 4.78 is 0. The van der Waals surface area contributed by atoms with Crippen molar-refractivity contribution in [1.82, 2.24) is 0 Å². The van der Waals surface area contributed by atoms with Crippen LogP contribution in [0.1, 0.15) is 21.4 Å². The largest absolute Gasteiger partial charge is 0.383 e.